The fourth-order valence-corrected chi connectivity index (χ4v) is 3.91. The van der Waals surface area contributed by atoms with Gasteiger partial charge < -0.3 is 24.3 Å². The van der Waals surface area contributed by atoms with E-state index in [0.717, 1.165) is 12.1 Å². The molecule has 0 radical (unpaired) electrons. The molecule has 0 fully saturated rings. The Labute approximate surface area is 202 Å². The summed E-state index contributed by atoms with van der Waals surface area (Å²) in [6, 6.07) is 15.2. The molecule has 4 rings (SSSR count). The Morgan fingerprint density at radius 2 is 1.69 bits per heavy atom. The molecule has 10 heteroatoms. The summed E-state index contributed by atoms with van der Waals surface area (Å²) in [4.78, 5) is 14.4. The number of aromatic amines is 1. The van der Waals surface area contributed by atoms with Crippen LogP contribution in [-0.4, -0.2) is 28.5 Å². The van der Waals surface area contributed by atoms with Crippen molar-refractivity contribution in [3.63, 3.8) is 0 Å². The molecule has 0 bridgehead atoms. The molecule has 0 aliphatic rings. The number of rotatable bonds is 7. The lowest BCUT2D eigenvalue weighted by Crippen LogP contribution is -2.17. The number of carbonyl (C=O) groups is 1. The summed E-state index contributed by atoms with van der Waals surface area (Å²) in [6.07, 6.45) is -4.89. The van der Waals surface area contributed by atoms with Gasteiger partial charge in [-0.1, -0.05) is 29.8 Å². The van der Waals surface area contributed by atoms with Gasteiger partial charge in [0.1, 0.15) is 28.7 Å². The average molecular weight is 506 g/mol. The Morgan fingerprint density at radius 3 is 2.31 bits per heavy atom. The largest absolute Gasteiger partial charge is 0.573 e. The van der Waals surface area contributed by atoms with E-state index in [1.807, 2.05) is 13.8 Å². The summed E-state index contributed by atoms with van der Waals surface area (Å²) < 4.78 is 53.5. The van der Waals surface area contributed by atoms with E-state index < -0.39 is 18.1 Å². The van der Waals surface area contributed by atoms with Gasteiger partial charge in [0, 0.05) is 22.5 Å². The van der Waals surface area contributed by atoms with Gasteiger partial charge in [-0.3, -0.25) is 0 Å². The Kier molecular flexibility index (Phi) is 6.53. The maximum Gasteiger partial charge on any atom is 0.573 e. The first-order chi connectivity index (χ1) is 16.5. The van der Waals surface area contributed by atoms with Crippen LogP contribution in [-0.2, 0) is 0 Å². The van der Waals surface area contributed by atoms with Gasteiger partial charge in [-0.15, -0.1) is 13.2 Å². The van der Waals surface area contributed by atoms with Gasteiger partial charge in [0.2, 0.25) is 0 Å². The van der Waals surface area contributed by atoms with Crippen LogP contribution in [0.2, 0.25) is 5.02 Å². The normalized spacial score (nSPS) is 11.6. The first-order valence-electron chi connectivity index (χ1n) is 10.4. The molecule has 0 saturated heterocycles. The molecule has 0 saturated carbocycles. The molecule has 6 nitrogen and oxygen atoms in total. The second-order valence-electron chi connectivity index (χ2n) is 7.80. The van der Waals surface area contributed by atoms with Gasteiger partial charge in [0.25, 0.3) is 0 Å². The van der Waals surface area contributed by atoms with E-state index in [2.05, 4.69) is 9.72 Å². The highest BCUT2D eigenvalue weighted by atomic mass is 35.5. The maximum absolute atomic E-state index is 12.6. The highest BCUT2D eigenvalue weighted by Crippen LogP contribution is 2.44. The highest BCUT2D eigenvalue weighted by Gasteiger charge is 2.31. The van der Waals surface area contributed by atoms with Crippen LogP contribution in [0, 0.1) is 0 Å². The number of hydrogen-bond donors (Lipinski definition) is 2. The third-order valence-corrected chi connectivity index (χ3v) is 5.24. The lowest BCUT2D eigenvalue weighted by atomic mass is 10.00. The van der Waals surface area contributed by atoms with E-state index in [4.69, 9.17) is 21.1 Å². The lowest BCUT2D eigenvalue weighted by Gasteiger charge is -2.15. The lowest BCUT2D eigenvalue weighted by molar-refractivity contribution is -0.274. The van der Waals surface area contributed by atoms with Gasteiger partial charge in [-0.05, 0) is 55.8 Å². The number of fused-ring (bicyclic) bond motifs is 1. The van der Waals surface area contributed by atoms with Crippen LogP contribution in [0.15, 0.2) is 60.7 Å². The van der Waals surface area contributed by atoms with E-state index in [1.54, 1.807) is 36.4 Å². The number of halogens is 4. The summed E-state index contributed by atoms with van der Waals surface area (Å²) in [5.41, 5.74) is 1.34. The number of aromatic carboxylic acids is 1. The number of ether oxygens (including phenoxy) is 3. The van der Waals surface area contributed by atoms with Crippen molar-refractivity contribution in [2.45, 2.75) is 26.3 Å². The third-order valence-electron chi connectivity index (χ3n) is 4.86. The zero-order valence-electron chi connectivity index (χ0n) is 18.4. The predicted octanol–water partition coefficient (Wildman–Crippen LogP) is 7.66. The van der Waals surface area contributed by atoms with Gasteiger partial charge in [0.15, 0.2) is 0 Å². The fourth-order valence-electron chi connectivity index (χ4n) is 3.58. The van der Waals surface area contributed by atoms with Crippen LogP contribution in [0.5, 0.6) is 23.0 Å². The van der Waals surface area contributed by atoms with Gasteiger partial charge in [-0.25, -0.2) is 4.79 Å². The zero-order valence-corrected chi connectivity index (χ0v) is 19.2. The Hall–Kier alpha value is -3.85. The molecule has 0 amide bonds. The predicted molar refractivity (Wildman–Crippen MR) is 125 cm³/mol. The van der Waals surface area contributed by atoms with Crippen LogP contribution in [0.25, 0.3) is 22.0 Å². The van der Waals surface area contributed by atoms with Crippen LogP contribution in [0.3, 0.4) is 0 Å². The molecule has 1 aromatic heterocycles. The van der Waals surface area contributed by atoms with Gasteiger partial charge in [-0.2, -0.15) is 0 Å². The van der Waals surface area contributed by atoms with Gasteiger partial charge in [0.05, 0.1) is 11.1 Å². The molecule has 0 aliphatic carbocycles. The van der Waals surface area contributed by atoms with Crippen molar-refractivity contribution < 1.29 is 37.3 Å². The van der Waals surface area contributed by atoms with E-state index in [-0.39, 0.29) is 28.3 Å². The third kappa shape index (κ3) is 5.46. The van der Waals surface area contributed by atoms with Crippen molar-refractivity contribution in [3.8, 4) is 34.1 Å². The molecular weight excluding hydrogens is 487 g/mol. The minimum atomic E-state index is -4.85. The molecule has 0 aliphatic heterocycles. The number of nitrogens with one attached hydrogen (secondary N) is 1. The minimum absolute atomic E-state index is 0.0235. The first-order valence-corrected chi connectivity index (χ1v) is 10.8. The molecule has 4 aromatic rings. The Balaban J connectivity index is 1.84. The van der Waals surface area contributed by atoms with E-state index in [0.29, 0.717) is 27.8 Å². The van der Waals surface area contributed by atoms with Crippen molar-refractivity contribution in [2.24, 2.45) is 0 Å². The van der Waals surface area contributed by atoms with Crippen molar-refractivity contribution in [1.82, 2.24) is 4.98 Å². The number of benzene rings is 3. The molecule has 2 N–H and O–H groups in total. The number of carboxylic acids is 1. The van der Waals surface area contributed by atoms with E-state index >= 15 is 0 Å². The molecular formula is C25H19ClF3NO5. The quantitative estimate of drug-likeness (QED) is 0.269. The molecule has 0 atom stereocenters. The Morgan fingerprint density at radius 1 is 1.00 bits per heavy atom. The fraction of sp³-hybridized carbons (Fsp3) is 0.160. The second kappa shape index (κ2) is 9.42. The first kappa shape index (κ1) is 24.3. The standard InChI is InChI=1S/C25H19ClF3NO5/c1-13(2)33-15-8-6-14(7-9-15)20-19(11-10-18-21(20)22(26)23(30-18)24(31)32)34-16-4-3-5-17(12-16)35-25(27,28)29/h3-13,30H,1-2H3,(H,31,32). The van der Waals surface area contributed by atoms with Crippen molar-refractivity contribution in [3.05, 3.63) is 71.4 Å². The molecule has 0 spiro atoms. The number of hydrogen-bond acceptors (Lipinski definition) is 4. The smallest absolute Gasteiger partial charge is 0.491 e. The van der Waals surface area contributed by atoms with Crippen LogP contribution in [0.1, 0.15) is 24.3 Å². The van der Waals surface area contributed by atoms with Gasteiger partial charge >= 0.3 is 12.3 Å². The SMILES string of the molecule is CC(C)Oc1ccc(-c2c(Oc3cccc(OC(F)(F)F)c3)ccc3[nH]c(C(=O)O)c(Cl)c23)cc1. The number of carboxylic acid groups (broad SMARTS) is 1. The monoisotopic (exact) mass is 505 g/mol. The van der Waals surface area contributed by atoms with E-state index in [9.17, 15) is 23.1 Å². The summed E-state index contributed by atoms with van der Waals surface area (Å²) >= 11 is 6.44. The summed E-state index contributed by atoms with van der Waals surface area (Å²) in [5, 5.41) is 9.87. The van der Waals surface area contributed by atoms with Crippen LogP contribution >= 0.6 is 11.6 Å². The topological polar surface area (TPSA) is 80.8 Å². The van der Waals surface area contributed by atoms with Crippen molar-refractivity contribution >= 4 is 28.5 Å². The number of alkyl halides is 3. The maximum atomic E-state index is 12.6. The minimum Gasteiger partial charge on any atom is -0.491 e. The summed E-state index contributed by atoms with van der Waals surface area (Å²) in [7, 11) is 0. The molecule has 35 heavy (non-hydrogen) atoms. The second-order valence-corrected chi connectivity index (χ2v) is 8.17. The van der Waals surface area contributed by atoms with Crippen molar-refractivity contribution in [2.75, 3.05) is 0 Å². The molecule has 182 valence electrons. The highest BCUT2D eigenvalue weighted by molar-refractivity contribution is 6.39. The van der Waals surface area contributed by atoms with Crippen LogP contribution in [0.4, 0.5) is 13.2 Å². The van der Waals surface area contributed by atoms with Crippen LogP contribution < -0.4 is 14.2 Å². The molecule has 3 aromatic carbocycles. The summed E-state index contributed by atoms with van der Waals surface area (Å²) in [6.45, 7) is 3.79. The molecule has 0 unspecified atom stereocenters. The zero-order chi connectivity index (χ0) is 25.3. The average Bonchev–Trinajstić information content (AvgIpc) is 3.10. The Bertz CT molecular complexity index is 1380. The van der Waals surface area contributed by atoms with E-state index in [1.165, 1.54) is 12.1 Å². The molecule has 1 heterocycles. The number of aromatic nitrogens is 1. The van der Waals surface area contributed by atoms with Crippen molar-refractivity contribution in [1.29, 1.82) is 0 Å². The summed E-state index contributed by atoms with van der Waals surface area (Å²) in [5.74, 6) is -0.728. The number of H-pyrrole nitrogens is 1.